The molecule has 0 aliphatic rings. The predicted octanol–water partition coefficient (Wildman–Crippen LogP) is 1.86. The number of hydrogen-bond acceptors (Lipinski definition) is 3. The van der Waals surface area contributed by atoms with Crippen LogP contribution in [0.2, 0.25) is 0 Å². The fraction of sp³-hybridized carbons (Fsp3) is 0.167. The van der Waals surface area contributed by atoms with Gasteiger partial charge in [0.25, 0.3) is 0 Å². The van der Waals surface area contributed by atoms with Gasteiger partial charge in [0.15, 0.2) is 0 Å². The van der Waals surface area contributed by atoms with Crippen LogP contribution in [0.25, 0.3) is 6.08 Å². The molecule has 0 unspecified atom stereocenters. The highest BCUT2D eigenvalue weighted by Gasteiger charge is 2.15. The van der Waals surface area contributed by atoms with Crippen LogP contribution in [-0.2, 0) is 9.59 Å². The van der Waals surface area contributed by atoms with Crippen molar-refractivity contribution in [3.05, 3.63) is 35.4 Å². The van der Waals surface area contributed by atoms with Crippen LogP contribution in [0, 0.1) is 0 Å². The zero-order valence-electron chi connectivity index (χ0n) is 9.30. The maximum absolute atomic E-state index is 10.7. The molecule has 0 aromatic heterocycles. The van der Waals surface area contributed by atoms with Crippen molar-refractivity contribution in [3.8, 4) is 5.75 Å². The number of hydrogen-bond donors (Lipinski definition) is 2. The van der Waals surface area contributed by atoms with Crippen LogP contribution in [0.1, 0.15) is 5.56 Å². The summed E-state index contributed by atoms with van der Waals surface area (Å²) in [6.07, 6.45) is 1.08. The second kappa shape index (κ2) is 6.66. The molecule has 0 fully saturated rings. The normalized spacial score (nSPS) is 9.61. The van der Waals surface area contributed by atoms with E-state index in [-0.39, 0.29) is 0 Å². The molecule has 1 aromatic carbocycles. The Morgan fingerprint density at radius 1 is 1.17 bits per heavy atom. The molecule has 0 saturated heterocycles. The van der Waals surface area contributed by atoms with Gasteiger partial charge in [-0.2, -0.15) is 0 Å². The molecule has 0 bridgehead atoms. The Hall–Kier alpha value is -2.01. The number of alkyl halides is 1. The molecule has 0 atom stereocenters. The quantitative estimate of drug-likeness (QED) is 0.357. The lowest BCUT2D eigenvalue weighted by Crippen LogP contribution is -2.10. The summed E-state index contributed by atoms with van der Waals surface area (Å²) < 4.78 is 5.22. The lowest BCUT2D eigenvalue weighted by Gasteiger charge is -2.03. The molecular weight excluding hydrogens is 260 g/mol. The fourth-order valence-electron chi connectivity index (χ4n) is 1.20. The van der Waals surface area contributed by atoms with E-state index in [4.69, 9.17) is 26.6 Å². The molecule has 1 rings (SSSR count). The lowest BCUT2D eigenvalue weighted by molar-refractivity contribution is -0.139. The van der Waals surface area contributed by atoms with Crippen LogP contribution in [0.5, 0.6) is 5.75 Å². The van der Waals surface area contributed by atoms with Crippen LogP contribution >= 0.6 is 11.6 Å². The Kier molecular flexibility index (Phi) is 5.20. The van der Waals surface area contributed by atoms with Gasteiger partial charge in [0.2, 0.25) is 0 Å². The summed E-state index contributed by atoms with van der Waals surface area (Å²) in [6, 6.07) is 6.35. The maximum Gasteiger partial charge on any atom is 0.343 e. The monoisotopic (exact) mass is 270 g/mol. The fourth-order valence-corrected chi connectivity index (χ4v) is 1.28. The SMILES string of the molecule is O=C(O)C(=Cc1ccc(OCCCl)cc1)C(=O)O. The number of carboxylic acids is 2. The molecule has 1 aromatic rings. The number of benzene rings is 1. The van der Waals surface area contributed by atoms with Crippen LogP contribution in [0.3, 0.4) is 0 Å². The molecular formula is C12H11ClO5. The van der Waals surface area contributed by atoms with Crippen molar-refractivity contribution in [2.45, 2.75) is 0 Å². The first kappa shape index (κ1) is 14.1. The molecule has 0 radical (unpaired) electrons. The van der Waals surface area contributed by atoms with E-state index in [1.165, 1.54) is 0 Å². The van der Waals surface area contributed by atoms with Crippen molar-refractivity contribution in [1.29, 1.82) is 0 Å². The molecule has 0 aliphatic carbocycles. The third-order valence-corrected chi connectivity index (χ3v) is 2.15. The van der Waals surface area contributed by atoms with Gasteiger partial charge in [-0.25, -0.2) is 9.59 Å². The predicted molar refractivity (Wildman–Crippen MR) is 65.9 cm³/mol. The minimum Gasteiger partial charge on any atom is -0.492 e. The van der Waals surface area contributed by atoms with E-state index >= 15 is 0 Å². The van der Waals surface area contributed by atoms with E-state index in [1.807, 2.05) is 0 Å². The number of aliphatic carboxylic acids is 2. The molecule has 0 amide bonds. The zero-order valence-corrected chi connectivity index (χ0v) is 10.1. The third-order valence-electron chi connectivity index (χ3n) is 2.00. The van der Waals surface area contributed by atoms with Gasteiger partial charge >= 0.3 is 11.9 Å². The number of rotatable bonds is 6. The second-order valence-electron chi connectivity index (χ2n) is 3.27. The largest absolute Gasteiger partial charge is 0.492 e. The zero-order chi connectivity index (χ0) is 13.5. The summed E-state index contributed by atoms with van der Waals surface area (Å²) >= 11 is 5.46. The highest BCUT2D eigenvalue weighted by Crippen LogP contribution is 2.15. The summed E-state index contributed by atoms with van der Waals surface area (Å²) in [5.41, 5.74) is -0.225. The Labute approximate surface area is 108 Å². The standard InChI is InChI=1S/C12H11ClO5/c13-5-6-18-9-3-1-8(2-4-9)7-10(11(14)15)12(16)17/h1-4,7H,5-6H2,(H,14,15)(H,16,17). The summed E-state index contributed by atoms with van der Waals surface area (Å²) in [5.74, 6) is -2.01. The number of carboxylic acid groups (broad SMARTS) is 2. The van der Waals surface area contributed by atoms with Crippen molar-refractivity contribution >= 4 is 29.6 Å². The number of halogens is 1. The molecule has 0 spiro atoms. The van der Waals surface area contributed by atoms with E-state index in [0.717, 1.165) is 6.08 Å². The van der Waals surface area contributed by atoms with Crippen LogP contribution in [-0.4, -0.2) is 34.6 Å². The molecule has 5 nitrogen and oxygen atoms in total. The van der Waals surface area contributed by atoms with E-state index < -0.39 is 17.5 Å². The van der Waals surface area contributed by atoms with Crippen LogP contribution < -0.4 is 4.74 Å². The van der Waals surface area contributed by atoms with Gasteiger partial charge < -0.3 is 14.9 Å². The molecule has 0 saturated carbocycles. The average molecular weight is 271 g/mol. The minimum atomic E-state index is -1.48. The molecule has 18 heavy (non-hydrogen) atoms. The van der Waals surface area contributed by atoms with E-state index in [2.05, 4.69) is 0 Å². The van der Waals surface area contributed by atoms with Gasteiger partial charge in [0, 0.05) is 0 Å². The Morgan fingerprint density at radius 2 is 1.72 bits per heavy atom. The number of carbonyl (C=O) groups is 2. The Bertz CT molecular complexity index is 448. The van der Waals surface area contributed by atoms with Gasteiger partial charge in [0.1, 0.15) is 17.9 Å². The van der Waals surface area contributed by atoms with E-state index in [1.54, 1.807) is 24.3 Å². The summed E-state index contributed by atoms with van der Waals surface area (Å²) in [4.78, 5) is 21.3. The third kappa shape index (κ3) is 4.10. The molecule has 0 aliphatic heterocycles. The highest BCUT2D eigenvalue weighted by molar-refractivity contribution is 6.18. The highest BCUT2D eigenvalue weighted by atomic mass is 35.5. The van der Waals surface area contributed by atoms with E-state index in [9.17, 15) is 9.59 Å². The summed E-state index contributed by atoms with van der Waals surface area (Å²) in [7, 11) is 0. The summed E-state index contributed by atoms with van der Waals surface area (Å²) in [5, 5.41) is 17.4. The van der Waals surface area contributed by atoms with Crippen LogP contribution in [0.15, 0.2) is 29.8 Å². The van der Waals surface area contributed by atoms with Gasteiger partial charge in [-0.1, -0.05) is 12.1 Å². The van der Waals surface area contributed by atoms with Crippen LogP contribution in [0.4, 0.5) is 0 Å². The topological polar surface area (TPSA) is 83.8 Å². The lowest BCUT2D eigenvalue weighted by atomic mass is 10.1. The van der Waals surface area contributed by atoms with Gasteiger partial charge in [-0.3, -0.25) is 0 Å². The van der Waals surface area contributed by atoms with Gasteiger partial charge in [-0.05, 0) is 23.8 Å². The average Bonchev–Trinajstić information content (AvgIpc) is 2.34. The van der Waals surface area contributed by atoms with Crippen molar-refractivity contribution < 1.29 is 24.5 Å². The smallest absolute Gasteiger partial charge is 0.343 e. The van der Waals surface area contributed by atoms with Crippen molar-refractivity contribution in [1.82, 2.24) is 0 Å². The first-order valence-corrected chi connectivity index (χ1v) is 5.55. The van der Waals surface area contributed by atoms with E-state index in [0.29, 0.717) is 23.8 Å². The van der Waals surface area contributed by atoms with Crippen molar-refractivity contribution in [3.63, 3.8) is 0 Å². The molecule has 2 N–H and O–H groups in total. The number of ether oxygens (including phenoxy) is 1. The first-order valence-electron chi connectivity index (χ1n) is 5.01. The molecule has 96 valence electrons. The maximum atomic E-state index is 10.7. The van der Waals surface area contributed by atoms with Crippen molar-refractivity contribution in [2.24, 2.45) is 0 Å². The minimum absolute atomic E-state index is 0.365. The first-order chi connectivity index (χ1) is 8.54. The summed E-state index contributed by atoms with van der Waals surface area (Å²) in [6.45, 7) is 0.367. The Balaban J connectivity index is 2.87. The second-order valence-corrected chi connectivity index (χ2v) is 3.65. The van der Waals surface area contributed by atoms with Gasteiger partial charge in [-0.15, -0.1) is 11.6 Å². The van der Waals surface area contributed by atoms with Gasteiger partial charge in [0.05, 0.1) is 5.88 Å². The molecule has 6 heteroatoms. The Morgan fingerprint density at radius 3 is 2.17 bits per heavy atom. The van der Waals surface area contributed by atoms with Crippen molar-refractivity contribution in [2.75, 3.05) is 12.5 Å². The molecule has 0 heterocycles.